The highest BCUT2D eigenvalue weighted by atomic mass is 79.9. The summed E-state index contributed by atoms with van der Waals surface area (Å²) in [5.41, 5.74) is 1.51. The molecule has 0 saturated heterocycles. The second-order valence-corrected chi connectivity index (χ2v) is 5.74. The Morgan fingerprint density at radius 2 is 2.09 bits per heavy atom. The van der Waals surface area contributed by atoms with Gasteiger partial charge in [-0.05, 0) is 71.0 Å². The number of ether oxygens (including phenoxy) is 1. The van der Waals surface area contributed by atoms with Crippen molar-refractivity contribution < 1.29 is 9.53 Å². The smallest absolute Gasteiger partial charge is 0.257 e. The van der Waals surface area contributed by atoms with Crippen LogP contribution in [0.1, 0.15) is 15.9 Å². The van der Waals surface area contributed by atoms with E-state index in [0.29, 0.717) is 21.6 Å². The third-order valence-corrected chi connectivity index (χ3v) is 3.62. The second kappa shape index (κ2) is 7.33. The van der Waals surface area contributed by atoms with Gasteiger partial charge in [0.1, 0.15) is 11.6 Å². The fourth-order valence-electron chi connectivity index (χ4n) is 1.74. The summed E-state index contributed by atoms with van der Waals surface area (Å²) in [6, 6.07) is 8.75. The minimum absolute atomic E-state index is 0.190. The molecule has 7 heteroatoms. The van der Waals surface area contributed by atoms with Crippen molar-refractivity contribution >= 4 is 45.0 Å². The van der Waals surface area contributed by atoms with Crippen LogP contribution >= 0.6 is 28.1 Å². The van der Waals surface area contributed by atoms with Gasteiger partial charge in [-0.2, -0.15) is 0 Å². The number of carbonyl (C=O) groups is 1. The molecule has 2 aromatic rings. The Balaban J connectivity index is 2.02. The lowest BCUT2D eigenvalue weighted by Crippen LogP contribution is -2.34. The van der Waals surface area contributed by atoms with Crippen LogP contribution < -0.4 is 15.4 Å². The van der Waals surface area contributed by atoms with Crippen molar-refractivity contribution in [1.82, 2.24) is 10.3 Å². The zero-order valence-corrected chi connectivity index (χ0v) is 14.4. The predicted octanol–water partition coefficient (Wildman–Crippen LogP) is 3.29. The summed E-state index contributed by atoms with van der Waals surface area (Å²) in [5.74, 6) is 0.927. The van der Waals surface area contributed by atoms with Crippen LogP contribution in [-0.4, -0.2) is 23.1 Å². The molecule has 0 saturated carbocycles. The molecule has 1 heterocycles. The maximum atomic E-state index is 12.1. The number of nitrogens with zero attached hydrogens (tertiary/aromatic N) is 1. The number of rotatable bonds is 3. The molecule has 0 bridgehead atoms. The summed E-state index contributed by atoms with van der Waals surface area (Å²) in [7, 11) is 1.56. The van der Waals surface area contributed by atoms with Gasteiger partial charge in [-0.3, -0.25) is 10.1 Å². The van der Waals surface area contributed by atoms with Gasteiger partial charge >= 0.3 is 0 Å². The topological polar surface area (TPSA) is 63.2 Å². The average Bonchev–Trinajstić information content (AvgIpc) is 2.46. The second-order valence-electron chi connectivity index (χ2n) is 4.48. The lowest BCUT2D eigenvalue weighted by molar-refractivity contribution is 0.0977. The Labute approximate surface area is 142 Å². The maximum Gasteiger partial charge on any atom is 0.257 e. The summed E-state index contributed by atoms with van der Waals surface area (Å²) in [6.07, 6.45) is 1.67. The molecule has 0 atom stereocenters. The summed E-state index contributed by atoms with van der Waals surface area (Å²) < 4.78 is 5.82. The summed E-state index contributed by atoms with van der Waals surface area (Å²) in [5, 5.41) is 5.67. The van der Waals surface area contributed by atoms with Crippen molar-refractivity contribution in [2.45, 2.75) is 6.92 Å². The number of amides is 1. The monoisotopic (exact) mass is 379 g/mol. The number of pyridine rings is 1. The van der Waals surface area contributed by atoms with Crippen LogP contribution in [0.5, 0.6) is 5.75 Å². The van der Waals surface area contributed by atoms with E-state index in [0.717, 1.165) is 5.56 Å². The third kappa shape index (κ3) is 4.25. The molecule has 1 amide bonds. The maximum absolute atomic E-state index is 12.1. The van der Waals surface area contributed by atoms with Gasteiger partial charge in [-0.1, -0.05) is 0 Å². The van der Waals surface area contributed by atoms with Crippen LogP contribution in [0.2, 0.25) is 0 Å². The minimum Gasteiger partial charge on any atom is -0.496 e. The van der Waals surface area contributed by atoms with E-state index in [4.69, 9.17) is 17.0 Å². The van der Waals surface area contributed by atoms with Crippen LogP contribution in [-0.2, 0) is 0 Å². The van der Waals surface area contributed by atoms with Crippen LogP contribution in [0, 0.1) is 6.92 Å². The Morgan fingerprint density at radius 3 is 2.73 bits per heavy atom. The zero-order valence-electron chi connectivity index (χ0n) is 12.0. The first kappa shape index (κ1) is 16.4. The molecule has 1 aromatic carbocycles. The first-order valence-corrected chi connectivity index (χ1v) is 7.58. The molecular weight excluding hydrogens is 366 g/mol. The molecule has 0 radical (unpaired) electrons. The molecule has 114 valence electrons. The Bertz CT molecular complexity index is 722. The number of aromatic nitrogens is 1. The van der Waals surface area contributed by atoms with Gasteiger partial charge in [0.2, 0.25) is 0 Å². The van der Waals surface area contributed by atoms with Gasteiger partial charge in [0.15, 0.2) is 5.11 Å². The Morgan fingerprint density at radius 1 is 1.32 bits per heavy atom. The number of aryl methyl sites for hydroxylation is 1. The number of nitrogens with one attached hydrogen (secondary N) is 2. The van der Waals surface area contributed by atoms with E-state index in [1.54, 1.807) is 31.5 Å². The highest BCUT2D eigenvalue weighted by molar-refractivity contribution is 9.10. The minimum atomic E-state index is -0.312. The fourth-order valence-corrected chi connectivity index (χ4v) is 2.47. The zero-order chi connectivity index (χ0) is 16.1. The SMILES string of the molecule is COc1ccc(C(=O)NC(=S)Nc2cc(C)ccn2)cc1Br. The van der Waals surface area contributed by atoms with Crippen molar-refractivity contribution in [1.29, 1.82) is 0 Å². The largest absolute Gasteiger partial charge is 0.496 e. The van der Waals surface area contributed by atoms with Gasteiger partial charge in [0.05, 0.1) is 11.6 Å². The van der Waals surface area contributed by atoms with Crippen molar-refractivity contribution in [2.75, 3.05) is 12.4 Å². The molecule has 0 fully saturated rings. The highest BCUT2D eigenvalue weighted by Crippen LogP contribution is 2.25. The predicted molar refractivity (Wildman–Crippen MR) is 93.4 cm³/mol. The number of benzene rings is 1. The molecule has 0 unspecified atom stereocenters. The first-order valence-electron chi connectivity index (χ1n) is 6.38. The third-order valence-electron chi connectivity index (χ3n) is 2.80. The first-order chi connectivity index (χ1) is 10.5. The number of anilines is 1. The van der Waals surface area contributed by atoms with Gasteiger partial charge in [-0.25, -0.2) is 4.98 Å². The van der Waals surface area contributed by atoms with E-state index in [-0.39, 0.29) is 11.0 Å². The summed E-state index contributed by atoms with van der Waals surface area (Å²) in [6.45, 7) is 1.95. The van der Waals surface area contributed by atoms with Crippen molar-refractivity contribution in [3.8, 4) is 5.75 Å². The van der Waals surface area contributed by atoms with Gasteiger partial charge in [0.25, 0.3) is 5.91 Å². The van der Waals surface area contributed by atoms with Crippen LogP contribution in [0.15, 0.2) is 41.0 Å². The van der Waals surface area contributed by atoms with Crippen molar-refractivity contribution in [3.05, 3.63) is 52.1 Å². The van der Waals surface area contributed by atoms with E-state index in [9.17, 15) is 4.79 Å². The number of methoxy groups -OCH3 is 1. The van der Waals surface area contributed by atoms with Crippen LogP contribution in [0.4, 0.5) is 5.82 Å². The molecule has 0 aliphatic carbocycles. The van der Waals surface area contributed by atoms with E-state index < -0.39 is 0 Å². The van der Waals surface area contributed by atoms with Crippen molar-refractivity contribution in [3.63, 3.8) is 0 Å². The Kier molecular flexibility index (Phi) is 5.46. The van der Waals surface area contributed by atoms with E-state index in [1.165, 1.54) is 0 Å². The quantitative estimate of drug-likeness (QED) is 0.801. The van der Waals surface area contributed by atoms with E-state index >= 15 is 0 Å². The van der Waals surface area contributed by atoms with E-state index in [2.05, 4.69) is 31.5 Å². The number of carbonyl (C=O) groups excluding carboxylic acids is 1. The lowest BCUT2D eigenvalue weighted by atomic mass is 10.2. The van der Waals surface area contributed by atoms with Gasteiger partial charge < -0.3 is 10.1 Å². The molecule has 22 heavy (non-hydrogen) atoms. The molecule has 5 nitrogen and oxygen atoms in total. The molecule has 2 rings (SSSR count). The van der Waals surface area contributed by atoms with Crippen molar-refractivity contribution in [2.24, 2.45) is 0 Å². The average molecular weight is 380 g/mol. The molecule has 0 spiro atoms. The number of thiocarbonyl (C=S) groups is 1. The number of hydrogen-bond acceptors (Lipinski definition) is 4. The highest BCUT2D eigenvalue weighted by Gasteiger charge is 2.10. The van der Waals surface area contributed by atoms with Gasteiger partial charge in [-0.15, -0.1) is 0 Å². The van der Waals surface area contributed by atoms with E-state index in [1.807, 2.05) is 19.1 Å². The molecule has 0 aliphatic rings. The standard InChI is InChI=1S/C15H14BrN3O2S/c1-9-5-6-17-13(7-9)18-15(22)19-14(20)10-3-4-12(21-2)11(16)8-10/h3-8H,1-2H3,(H2,17,18,19,20,22). The summed E-state index contributed by atoms with van der Waals surface area (Å²) >= 11 is 8.46. The molecular formula is C15H14BrN3O2S. The van der Waals surface area contributed by atoms with Gasteiger partial charge in [0, 0.05) is 11.8 Å². The molecule has 1 aromatic heterocycles. The van der Waals surface area contributed by atoms with Crippen LogP contribution in [0.25, 0.3) is 0 Å². The summed E-state index contributed by atoms with van der Waals surface area (Å²) in [4.78, 5) is 16.3. The number of hydrogen-bond donors (Lipinski definition) is 2. The number of halogens is 1. The fraction of sp³-hybridized carbons (Fsp3) is 0.133. The Hall–Kier alpha value is -1.99. The van der Waals surface area contributed by atoms with Crippen LogP contribution in [0.3, 0.4) is 0 Å². The molecule has 0 aliphatic heterocycles. The molecule has 2 N–H and O–H groups in total. The lowest BCUT2D eigenvalue weighted by Gasteiger charge is -2.10. The normalized spacial score (nSPS) is 9.95.